The predicted octanol–water partition coefficient (Wildman–Crippen LogP) is 4.11. The highest BCUT2D eigenvalue weighted by Crippen LogP contribution is 2.29. The average molecular weight is 451 g/mol. The van der Waals surface area contributed by atoms with Crippen LogP contribution in [0, 0.1) is 6.92 Å². The highest BCUT2D eigenvalue weighted by atomic mass is 35.5. The Balaban J connectivity index is 1.98. The lowest BCUT2D eigenvalue weighted by Crippen LogP contribution is -2.48. The van der Waals surface area contributed by atoms with E-state index in [9.17, 15) is 13.2 Å². The van der Waals surface area contributed by atoms with Gasteiger partial charge in [0.25, 0.3) is 5.91 Å². The molecule has 1 amide bonds. The summed E-state index contributed by atoms with van der Waals surface area (Å²) < 4.78 is 33.6. The summed E-state index contributed by atoms with van der Waals surface area (Å²) in [5.41, 5.74) is 2.03. The second-order valence-electron chi connectivity index (χ2n) is 7.56. The number of amides is 1. The van der Waals surface area contributed by atoms with Gasteiger partial charge in [0, 0.05) is 30.9 Å². The van der Waals surface area contributed by atoms with Crippen LogP contribution >= 0.6 is 11.6 Å². The zero-order valence-electron chi connectivity index (χ0n) is 17.6. The highest BCUT2D eigenvalue weighted by molar-refractivity contribution is 7.89. The summed E-state index contributed by atoms with van der Waals surface area (Å²) in [4.78, 5) is 14.8. The van der Waals surface area contributed by atoms with Crippen molar-refractivity contribution in [2.24, 2.45) is 0 Å². The summed E-state index contributed by atoms with van der Waals surface area (Å²) in [6.07, 6.45) is -0.437. The highest BCUT2D eigenvalue weighted by Gasteiger charge is 2.34. The van der Waals surface area contributed by atoms with Gasteiger partial charge in [-0.05, 0) is 57.5 Å². The zero-order chi connectivity index (χ0) is 22.1. The lowest BCUT2D eigenvalue weighted by atomic mass is 10.1. The lowest BCUT2D eigenvalue weighted by Gasteiger charge is -2.34. The molecule has 3 rings (SSSR count). The minimum absolute atomic E-state index is 0.0582. The van der Waals surface area contributed by atoms with Gasteiger partial charge in [0.1, 0.15) is 4.90 Å². The quantitative estimate of drug-likeness (QED) is 0.687. The van der Waals surface area contributed by atoms with Crippen LogP contribution in [0.15, 0.2) is 47.4 Å². The SMILES string of the molecule is CCN(C(=O)c1ccc(Cl)c(S(=O)(=O)N2CC(C)OC(C)C2)c1)c1ccccc1C. The van der Waals surface area contributed by atoms with Crippen molar-refractivity contribution in [3.63, 3.8) is 0 Å². The number of hydrogen-bond donors (Lipinski definition) is 0. The van der Waals surface area contributed by atoms with E-state index in [2.05, 4.69) is 0 Å². The van der Waals surface area contributed by atoms with Crippen LogP contribution in [0.25, 0.3) is 0 Å². The molecule has 1 saturated heterocycles. The molecular weight excluding hydrogens is 424 g/mol. The zero-order valence-corrected chi connectivity index (χ0v) is 19.2. The van der Waals surface area contributed by atoms with Crippen molar-refractivity contribution in [2.75, 3.05) is 24.5 Å². The number of carbonyl (C=O) groups is 1. The fourth-order valence-electron chi connectivity index (χ4n) is 3.75. The number of carbonyl (C=O) groups excluding carboxylic acids is 1. The van der Waals surface area contributed by atoms with Crippen LogP contribution in [0.1, 0.15) is 36.7 Å². The first-order valence-corrected chi connectivity index (χ1v) is 11.8. The van der Waals surface area contributed by atoms with Gasteiger partial charge >= 0.3 is 0 Å². The Labute approximate surface area is 183 Å². The van der Waals surface area contributed by atoms with E-state index in [1.54, 1.807) is 11.0 Å². The third-order valence-corrected chi connectivity index (χ3v) is 7.46. The molecule has 162 valence electrons. The predicted molar refractivity (Wildman–Crippen MR) is 119 cm³/mol. The third kappa shape index (κ3) is 4.54. The maximum absolute atomic E-state index is 13.3. The molecule has 2 aromatic carbocycles. The molecule has 30 heavy (non-hydrogen) atoms. The number of aryl methyl sites for hydroxylation is 1. The number of sulfonamides is 1. The minimum atomic E-state index is -3.87. The molecule has 0 saturated carbocycles. The van der Waals surface area contributed by atoms with Crippen molar-refractivity contribution in [2.45, 2.75) is 44.8 Å². The number of nitrogens with zero attached hydrogens (tertiary/aromatic N) is 2. The summed E-state index contributed by atoms with van der Waals surface area (Å²) in [5, 5.41) is 0.0947. The Hall–Kier alpha value is -1.93. The molecule has 1 fully saturated rings. The first-order chi connectivity index (χ1) is 14.1. The Bertz CT molecular complexity index is 1030. The first-order valence-electron chi connectivity index (χ1n) is 9.97. The van der Waals surface area contributed by atoms with Crippen LogP contribution in [-0.2, 0) is 14.8 Å². The molecule has 8 heteroatoms. The van der Waals surface area contributed by atoms with E-state index in [1.165, 1.54) is 16.4 Å². The molecule has 1 aliphatic rings. The van der Waals surface area contributed by atoms with Gasteiger partial charge in [-0.2, -0.15) is 4.31 Å². The summed E-state index contributed by atoms with van der Waals surface area (Å²) in [6.45, 7) is 8.42. The normalized spacial score (nSPS) is 20.2. The Kier molecular flexibility index (Phi) is 6.87. The number of para-hydroxylation sites is 1. The molecule has 6 nitrogen and oxygen atoms in total. The van der Waals surface area contributed by atoms with Gasteiger partial charge < -0.3 is 9.64 Å². The van der Waals surface area contributed by atoms with E-state index in [1.807, 2.05) is 52.0 Å². The Morgan fingerprint density at radius 2 is 1.80 bits per heavy atom. The van der Waals surface area contributed by atoms with E-state index in [4.69, 9.17) is 16.3 Å². The van der Waals surface area contributed by atoms with Crippen LogP contribution in [0.2, 0.25) is 5.02 Å². The van der Waals surface area contributed by atoms with E-state index in [-0.39, 0.29) is 46.7 Å². The van der Waals surface area contributed by atoms with Crippen molar-refractivity contribution < 1.29 is 17.9 Å². The number of rotatable bonds is 5. The molecule has 2 unspecified atom stereocenters. The smallest absolute Gasteiger partial charge is 0.258 e. The van der Waals surface area contributed by atoms with Crippen LogP contribution in [0.3, 0.4) is 0 Å². The van der Waals surface area contributed by atoms with Crippen LogP contribution < -0.4 is 4.90 Å². The molecule has 0 aliphatic carbocycles. The molecule has 0 aromatic heterocycles. The third-order valence-electron chi connectivity index (χ3n) is 5.15. The van der Waals surface area contributed by atoms with Crippen LogP contribution in [0.4, 0.5) is 5.69 Å². The van der Waals surface area contributed by atoms with Gasteiger partial charge in [0.2, 0.25) is 10.0 Å². The van der Waals surface area contributed by atoms with E-state index < -0.39 is 10.0 Å². The minimum Gasteiger partial charge on any atom is -0.373 e. The molecule has 0 spiro atoms. The standard InChI is InChI=1S/C22H27ClN2O4S/c1-5-25(20-9-7-6-8-15(20)2)22(26)18-10-11-19(23)21(12-18)30(27,28)24-13-16(3)29-17(4)14-24/h6-12,16-17H,5,13-14H2,1-4H3. The van der Waals surface area contributed by atoms with Crippen molar-refractivity contribution in [3.8, 4) is 0 Å². The summed E-state index contributed by atoms with van der Waals surface area (Å²) >= 11 is 6.27. The van der Waals surface area contributed by atoms with Crippen molar-refractivity contribution in [1.82, 2.24) is 4.31 Å². The van der Waals surface area contributed by atoms with Gasteiger partial charge in [-0.3, -0.25) is 4.79 Å². The van der Waals surface area contributed by atoms with Gasteiger partial charge in [0.05, 0.1) is 17.2 Å². The average Bonchev–Trinajstić information content (AvgIpc) is 2.69. The maximum Gasteiger partial charge on any atom is 0.258 e. The molecule has 1 heterocycles. The maximum atomic E-state index is 13.3. The topological polar surface area (TPSA) is 66.9 Å². The number of anilines is 1. The number of hydrogen-bond acceptors (Lipinski definition) is 4. The largest absolute Gasteiger partial charge is 0.373 e. The molecule has 0 N–H and O–H groups in total. The number of morpholine rings is 1. The molecule has 0 radical (unpaired) electrons. The number of ether oxygens (including phenoxy) is 1. The van der Waals surface area contributed by atoms with Gasteiger partial charge in [0.15, 0.2) is 0 Å². The van der Waals surface area contributed by atoms with E-state index in [0.29, 0.717) is 6.54 Å². The summed E-state index contributed by atoms with van der Waals surface area (Å²) in [7, 11) is -3.87. The van der Waals surface area contributed by atoms with Crippen LogP contribution in [-0.4, -0.2) is 50.5 Å². The summed E-state index contributed by atoms with van der Waals surface area (Å²) in [5.74, 6) is -0.274. The number of benzene rings is 2. The fourth-order valence-corrected chi connectivity index (χ4v) is 5.84. The first kappa shape index (κ1) is 22.7. The van der Waals surface area contributed by atoms with Crippen LogP contribution in [0.5, 0.6) is 0 Å². The van der Waals surface area contributed by atoms with Gasteiger partial charge in [-0.1, -0.05) is 29.8 Å². The molecular formula is C22H27ClN2O4S. The van der Waals surface area contributed by atoms with Crippen molar-refractivity contribution >= 4 is 33.2 Å². The molecule has 0 bridgehead atoms. The van der Waals surface area contributed by atoms with Gasteiger partial charge in [-0.25, -0.2) is 8.42 Å². The van der Waals surface area contributed by atoms with Gasteiger partial charge in [-0.15, -0.1) is 0 Å². The summed E-state index contributed by atoms with van der Waals surface area (Å²) in [6, 6.07) is 12.0. The Morgan fingerprint density at radius 1 is 1.17 bits per heavy atom. The van der Waals surface area contributed by atoms with E-state index in [0.717, 1.165) is 11.3 Å². The molecule has 2 aromatic rings. The van der Waals surface area contributed by atoms with E-state index >= 15 is 0 Å². The monoisotopic (exact) mass is 450 g/mol. The molecule has 2 atom stereocenters. The number of halogens is 1. The fraction of sp³-hybridized carbons (Fsp3) is 0.409. The Morgan fingerprint density at radius 3 is 2.40 bits per heavy atom. The van der Waals surface area contributed by atoms with Crippen molar-refractivity contribution in [3.05, 3.63) is 58.6 Å². The second-order valence-corrected chi connectivity index (χ2v) is 9.87. The van der Waals surface area contributed by atoms with Crippen molar-refractivity contribution in [1.29, 1.82) is 0 Å². The molecule has 1 aliphatic heterocycles. The second kappa shape index (κ2) is 9.06. The lowest BCUT2D eigenvalue weighted by molar-refractivity contribution is -0.0440.